The number of alkyl halides is 1. The van der Waals surface area contributed by atoms with E-state index in [1.54, 1.807) is 0 Å². The van der Waals surface area contributed by atoms with Gasteiger partial charge in [0.15, 0.2) is 0 Å². The fraction of sp³-hybridized carbons (Fsp3) is 0.318. The van der Waals surface area contributed by atoms with E-state index >= 15 is 0 Å². The molecule has 0 amide bonds. The summed E-state index contributed by atoms with van der Waals surface area (Å²) in [5, 5.41) is 0.746. The van der Waals surface area contributed by atoms with Crippen LogP contribution in [0.4, 0.5) is 0 Å². The maximum Gasteiger partial charge on any atom is 0.204 e. The fourth-order valence-electron chi connectivity index (χ4n) is 4.60. The average molecular weight is 386 g/mol. The molecule has 3 unspecified atom stereocenters. The molecule has 0 bridgehead atoms. The Kier molecular flexibility index (Phi) is 4.68. The Morgan fingerprint density at radius 3 is 2.73 bits per heavy atom. The van der Waals surface area contributed by atoms with Crippen LogP contribution < -0.4 is 0 Å². The average Bonchev–Trinajstić information content (AvgIpc) is 3.07. The van der Waals surface area contributed by atoms with Gasteiger partial charge in [0.05, 0.1) is 13.6 Å². The summed E-state index contributed by atoms with van der Waals surface area (Å²) in [5.41, 5.74) is 3.60. The molecule has 1 fully saturated rings. The number of aromatic nitrogens is 1. The quantitative estimate of drug-likeness (QED) is 0.358. The third-order valence-electron chi connectivity index (χ3n) is 6.02. The van der Waals surface area contributed by atoms with Gasteiger partial charge in [-0.15, -0.1) is 0 Å². The molecule has 2 aromatic rings. The van der Waals surface area contributed by atoms with Gasteiger partial charge in [-0.05, 0) is 35.4 Å². The van der Waals surface area contributed by atoms with Crippen molar-refractivity contribution in [2.24, 2.45) is 0 Å². The summed E-state index contributed by atoms with van der Waals surface area (Å²) in [4.78, 5) is 3.85. The van der Waals surface area contributed by atoms with Gasteiger partial charge in [0.1, 0.15) is 6.04 Å². The van der Waals surface area contributed by atoms with Gasteiger partial charge in [-0.3, -0.25) is 9.47 Å². The van der Waals surface area contributed by atoms with Gasteiger partial charge in [-0.1, -0.05) is 48.0 Å². The molecule has 2 nitrogen and oxygen atoms in total. The molecule has 1 aliphatic carbocycles. The van der Waals surface area contributed by atoms with Gasteiger partial charge in [0.2, 0.25) is 5.00 Å². The van der Waals surface area contributed by atoms with Crippen molar-refractivity contribution in [3.8, 4) is 0 Å². The van der Waals surface area contributed by atoms with E-state index in [9.17, 15) is 0 Å². The van der Waals surface area contributed by atoms with E-state index in [-0.39, 0.29) is 0 Å². The van der Waals surface area contributed by atoms with Crippen molar-refractivity contribution in [2.45, 2.75) is 30.3 Å². The Morgan fingerprint density at radius 2 is 2.00 bits per heavy atom. The van der Waals surface area contributed by atoms with Crippen LogP contribution in [-0.2, 0) is 0 Å². The van der Waals surface area contributed by atoms with Crippen molar-refractivity contribution in [2.75, 3.05) is 13.6 Å². The van der Waals surface area contributed by atoms with Gasteiger partial charge in [-0.2, -0.15) is 0 Å². The molecule has 4 rings (SSSR count). The normalized spacial score (nSPS) is 31.0. The smallest absolute Gasteiger partial charge is 0.204 e. The SMILES string of the molecule is C[N+]1(C2(Cl)CC=CC=C2c2ccc(Cl)cc2)CCCC1c1cccnc1. The summed E-state index contributed by atoms with van der Waals surface area (Å²) in [7, 11) is 2.31. The lowest BCUT2D eigenvalue weighted by Crippen LogP contribution is -2.59. The van der Waals surface area contributed by atoms with Crippen molar-refractivity contribution in [3.05, 3.63) is 83.2 Å². The van der Waals surface area contributed by atoms with Crippen molar-refractivity contribution in [1.29, 1.82) is 0 Å². The van der Waals surface area contributed by atoms with Crippen molar-refractivity contribution >= 4 is 28.8 Å². The number of allylic oxidation sites excluding steroid dienone is 2. The first-order valence-corrected chi connectivity index (χ1v) is 9.87. The molecule has 0 spiro atoms. The molecule has 26 heavy (non-hydrogen) atoms. The van der Waals surface area contributed by atoms with Crippen LogP contribution >= 0.6 is 23.2 Å². The molecule has 0 N–H and O–H groups in total. The van der Waals surface area contributed by atoms with E-state index in [1.165, 1.54) is 17.6 Å². The molecule has 1 saturated heterocycles. The molecule has 1 aromatic carbocycles. The molecule has 2 aliphatic rings. The molecule has 0 saturated carbocycles. The topological polar surface area (TPSA) is 12.9 Å². The summed E-state index contributed by atoms with van der Waals surface area (Å²) < 4.78 is 0.791. The second kappa shape index (κ2) is 6.84. The number of nitrogens with zero attached hydrogens (tertiary/aromatic N) is 2. The zero-order valence-electron chi connectivity index (χ0n) is 14.9. The van der Waals surface area contributed by atoms with Crippen LogP contribution in [0, 0.1) is 0 Å². The number of quaternary nitrogens is 1. The largest absolute Gasteiger partial charge is 0.298 e. The lowest BCUT2D eigenvalue weighted by Gasteiger charge is -2.50. The zero-order chi connectivity index (χ0) is 18.2. The first-order chi connectivity index (χ1) is 12.5. The summed E-state index contributed by atoms with van der Waals surface area (Å²) in [6.07, 6.45) is 13.4. The Morgan fingerprint density at radius 1 is 1.19 bits per heavy atom. The molecule has 1 aromatic heterocycles. The highest BCUT2D eigenvalue weighted by atomic mass is 35.5. The minimum absolute atomic E-state index is 0.350. The molecule has 0 radical (unpaired) electrons. The third-order valence-corrected chi connectivity index (χ3v) is 7.02. The summed E-state index contributed by atoms with van der Waals surface area (Å²) in [6, 6.07) is 12.6. The summed E-state index contributed by atoms with van der Waals surface area (Å²) in [5.74, 6) is 0. The Balaban J connectivity index is 1.79. The van der Waals surface area contributed by atoms with Crippen LogP contribution in [0.5, 0.6) is 0 Å². The lowest BCUT2D eigenvalue weighted by molar-refractivity contribution is -0.952. The number of hydrogen-bond donors (Lipinski definition) is 0. The van der Waals surface area contributed by atoms with Gasteiger partial charge >= 0.3 is 0 Å². The predicted octanol–water partition coefficient (Wildman–Crippen LogP) is 6.00. The molecular weight excluding hydrogens is 363 g/mol. The third kappa shape index (κ3) is 2.81. The predicted molar refractivity (Wildman–Crippen MR) is 109 cm³/mol. The van der Waals surface area contributed by atoms with Gasteiger partial charge in [-0.25, -0.2) is 0 Å². The number of pyridine rings is 1. The molecule has 1 aliphatic heterocycles. The number of likely N-dealkylation sites (tertiary alicyclic amines) is 1. The van der Waals surface area contributed by atoms with Crippen LogP contribution in [0.25, 0.3) is 5.57 Å². The number of benzene rings is 1. The maximum absolute atomic E-state index is 7.51. The summed E-state index contributed by atoms with van der Waals surface area (Å²) >= 11 is 13.6. The fourth-order valence-corrected chi connectivity index (χ4v) is 5.19. The summed E-state index contributed by atoms with van der Waals surface area (Å²) in [6.45, 7) is 1.06. The van der Waals surface area contributed by atoms with E-state index in [0.717, 1.165) is 34.5 Å². The van der Waals surface area contributed by atoms with Crippen LogP contribution in [0.2, 0.25) is 5.02 Å². The second-order valence-corrected chi connectivity index (χ2v) is 8.48. The number of hydrogen-bond acceptors (Lipinski definition) is 1. The highest BCUT2D eigenvalue weighted by Crippen LogP contribution is 2.53. The maximum atomic E-state index is 7.51. The minimum atomic E-state index is -0.500. The van der Waals surface area contributed by atoms with Crippen LogP contribution in [-0.4, -0.2) is 28.1 Å². The Hall–Kier alpha value is -1.61. The lowest BCUT2D eigenvalue weighted by atomic mass is 9.87. The van der Waals surface area contributed by atoms with E-state index in [2.05, 4.69) is 48.5 Å². The highest BCUT2D eigenvalue weighted by molar-refractivity contribution is 6.31. The van der Waals surface area contributed by atoms with E-state index in [0.29, 0.717) is 6.04 Å². The van der Waals surface area contributed by atoms with Crippen molar-refractivity contribution < 1.29 is 4.48 Å². The van der Waals surface area contributed by atoms with Crippen LogP contribution in [0.3, 0.4) is 0 Å². The molecule has 4 heteroatoms. The standard InChI is InChI=1S/C22H23Cl2N2/c1-26(15-5-8-21(26)18-6-4-14-25-16-18)22(24)13-3-2-7-20(22)17-9-11-19(23)12-10-17/h2-4,6-7,9-12,14,16,21H,5,8,13,15H2,1H3/q+1. The molecular formula is C22H23Cl2N2+. The van der Waals surface area contributed by atoms with E-state index in [4.69, 9.17) is 23.2 Å². The van der Waals surface area contributed by atoms with Gasteiger partial charge < -0.3 is 0 Å². The first kappa shape index (κ1) is 17.8. The van der Waals surface area contributed by atoms with E-state index in [1.807, 2.05) is 30.6 Å². The molecule has 134 valence electrons. The highest BCUT2D eigenvalue weighted by Gasteiger charge is 2.56. The van der Waals surface area contributed by atoms with E-state index < -0.39 is 5.00 Å². The Labute approximate surface area is 165 Å². The number of likely N-dealkylation sites (N-methyl/N-ethyl adjacent to an activating group) is 1. The number of halogens is 2. The van der Waals surface area contributed by atoms with Crippen molar-refractivity contribution in [1.82, 2.24) is 4.98 Å². The number of rotatable bonds is 3. The molecule has 3 atom stereocenters. The first-order valence-electron chi connectivity index (χ1n) is 9.12. The van der Waals surface area contributed by atoms with Gasteiger partial charge in [0.25, 0.3) is 0 Å². The van der Waals surface area contributed by atoms with Crippen LogP contribution in [0.1, 0.15) is 36.4 Å². The van der Waals surface area contributed by atoms with Crippen molar-refractivity contribution in [3.63, 3.8) is 0 Å². The minimum Gasteiger partial charge on any atom is -0.298 e. The van der Waals surface area contributed by atoms with Gasteiger partial charge in [0, 0.05) is 47.8 Å². The molecule has 2 heterocycles. The monoisotopic (exact) mass is 385 g/mol. The second-order valence-electron chi connectivity index (χ2n) is 7.41. The zero-order valence-corrected chi connectivity index (χ0v) is 16.4. The van der Waals surface area contributed by atoms with Crippen LogP contribution in [0.15, 0.2) is 67.0 Å². The Bertz CT molecular complexity index is 844.